The van der Waals surface area contributed by atoms with Crippen molar-refractivity contribution in [2.45, 2.75) is 30.3 Å². The molecule has 0 spiro atoms. The van der Waals surface area contributed by atoms with Crippen LogP contribution in [0, 0.1) is 0 Å². The zero-order valence-corrected chi connectivity index (χ0v) is 19.0. The lowest BCUT2D eigenvalue weighted by molar-refractivity contribution is 0.182. The monoisotopic (exact) mass is 465 g/mol. The number of nitrogens with zero attached hydrogens (tertiary/aromatic N) is 2. The van der Waals surface area contributed by atoms with E-state index in [2.05, 4.69) is 9.62 Å². The molecule has 10 heteroatoms. The smallest absolute Gasteiger partial charge is 0.240 e. The van der Waals surface area contributed by atoms with Gasteiger partial charge in [-0.05, 0) is 60.7 Å². The van der Waals surface area contributed by atoms with Crippen LogP contribution in [-0.2, 0) is 26.5 Å². The number of anilines is 2. The van der Waals surface area contributed by atoms with Crippen molar-refractivity contribution in [3.8, 4) is 0 Å². The van der Waals surface area contributed by atoms with Crippen molar-refractivity contribution in [3.63, 3.8) is 0 Å². The maximum Gasteiger partial charge on any atom is 0.240 e. The van der Waals surface area contributed by atoms with E-state index in [0.29, 0.717) is 24.2 Å². The van der Waals surface area contributed by atoms with Gasteiger partial charge in [-0.15, -0.1) is 0 Å². The van der Waals surface area contributed by atoms with Crippen LogP contribution in [0.4, 0.5) is 11.4 Å². The van der Waals surface area contributed by atoms with Crippen LogP contribution < -0.4 is 13.9 Å². The first kappa shape index (κ1) is 22.1. The van der Waals surface area contributed by atoms with Crippen molar-refractivity contribution in [1.29, 1.82) is 0 Å². The van der Waals surface area contributed by atoms with Gasteiger partial charge in [-0.3, -0.25) is 4.31 Å². The molecule has 4 rings (SSSR count). The quantitative estimate of drug-likeness (QED) is 0.671. The summed E-state index contributed by atoms with van der Waals surface area (Å²) < 4.78 is 53.5. The lowest BCUT2D eigenvalue weighted by atomic mass is 10.0. The molecule has 0 bridgehead atoms. The highest BCUT2D eigenvalue weighted by molar-refractivity contribution is 7.92. The maximum absolute atomic E-state index is 12.7. The fourth-order valence-corrected chi connectivity index (χ4v) is 6.73. The Balaban J connectivity index is 1.43. The third kappa shape index (κ3) is 4.57. The molecule has 2 aromatic rings. The van der Waals surface area contributed by atoms with Gasteiger partial charge < -0.3 is 10.0 Å². The van der Waals surface area contributed by atoms with E-state index in [-0.39, 0.29) is 17.2 Å². The molecule has 168 valence electrons. The SMILES string of the molecule is CN1CCc2cc(C(O)CNS(=O)(=O)c3ccc(N4CCCCS4(=O)=O)cc3)ccc21. The van der Waals surface area contributed by atoms with Crippen molar-refractivity contribution in [2.24, 2.45) is 0 Å². The zero-order chi connectivity index (χ0) is 22.2. The molecule has 2 aromatic carbocycles. The third-order valence-corrected chi connectivity index (χ3v) is 9.18. The van der Waals surface area contributed by atoms with Crippen molar-refractivity contribution in [1.82, 2.24) is 4.72 Å². The van der Waals surface area contributed by atoms with Crippen LogP contribution in [-0.4, -0.2) is 54.4 Å². The number of aliphatic hydroxyl groups is 1. The number of sulfonamides is 2. The fraction of sp³-hybridized carbons (Fsp3) is 0.429. The molecule has 2 heterocycles. The second-order valence-corrected chi connectivity index (χ2v) is 11.8. The van der Waals surface area contributed by atoms with E-state index in [4.69, 9.17) is 0 Å². The van der Waals surface area contributed by atoms with Gasteiger partial charge in [-0.2, -0.15) is 0 Å². The van der Waals surface area contributed by atoms with Crippen molar-refractivity contribution in [3.05, 3.63) is 53.6 Å². The first-order chi connectivity index (χ1) is 14.7. The molecule has 31 heavy (non-hydrogen) atoms. The van der Waals surface area contributed by atoms with Crippen LogP contribution in [0.15, 0.2) is 47.4 Å². The number of benzene rings is 2. The molecular weight excluding hydrogens is 438 g/mol. The first-order valence-electron chi connectivity index (χ1n) is 10.3. The van der Waals surface area contributed by atoms with Gasteiger partial charge >= 0.3 is 0 Å². The van der Waals surface area contributed by atoms with Crippen molar-refractivity contribution >= 4 is 31.4 Å². The molecule has 1 fully saturated rings. The molecular formula is C21H27N3O5S2. The van der Waals surface area contributed by atoms with Crippen LogP contribution in [0.25, 0.3) is 0 Å². The van der Waals surface area contributed by atoms with Gasteiger partial charge in [0.1, 0.15) is 0 Å². The maximum atomic E-state index is 12.7. The van der Waals surface area contributed by atoms with Gasteiger partial charge in [0.25, 0.3) is 0 Å². The molecule has 0 radical (unpaired) electrons. The third-order valence-electron chi connectivity index (χ3n) is 5.87. The summed E-state index contributed by atoms with van der Waals surface area (Å²) in [7, 11) is -5.18. The standard InChI is InChI=1S/C21H27N3O5S2/c1-23-12-10-16-14-17(4-9-20(16)23)21(25)15-22-31(28,29)19-7-5-18(6-8-19)24-11-2-3-13-30(24,26)27/h4-9,14,21-22,25H,2-3,10-13,15H2,1H3. The topological polar surface area (TPSA) is 107 Å². The van der Waals surface area contributed by atoms with Crippen LogP contribution in [0.1, 0.15) is 30.1 Å². The molecule has 2 aliphatic heterocycles. The molecule has 0 aromatic heterocycles. The molecule has 1 unspecified atom stereocenters. The fourth-order valence-electron chi connectivity index (χ4n) is 4.05. The average molecular weight is 466 g/mol. The van der Waals surface area contributed by atoms with Crippen molar-refractivity contribution in [2.75, 3.05) is 41.6 Å². The Morgan fingerprint density at radius 3 is 2.55 bits per heavy atom. The van der Waals surface area contributed by atoms with E-state index in [1.54, 1.807) is 0 Å². The largest absolute Gasteiger partial charge is 0.387 e. The lowest BCUT2D eigenvalue weighted by Crippen LogP contribution is -2.37. The number of likely N-dealkylation sites (N-methyl/N-ethyl adjacent to an activating group) is 1. The molecule has 0 amide bonds. The molecule has 1 saturated heterocycles. The Morgan fingerprint density at radius 2 is 1.84 bits per heavy atom. The summed E-state index contributed by atoms with van der Waals surface area (Å²) in [6.45, 7) is 1.17. The predicted octanol–water partition coefficient (Wildman–Crippen LogP) is 1.62. The molecule has 2 N–H and O–H groups in total. The Labute approximate surface area is 183 Å². The van der Waals surface area contributed by atoms with E-state index in [0.717, 1.165) is 30.6 Å². The Kier molecular flexibility index (Phi) is 5.99. The van der Waals surface area contributed by atoms with Gasteiger partial charge in [0, 0.05) is 32.4 Å². The summed E-state index contributed by atoms with van der Waals surface area (Å²) in [5.74, 6) is 0.103. The van der Waals surface area contributed by atoms with Crippen molar-refractivity contribution < 1.29 is 21.9 Å². The van der Waals surface area contributed by atoms with Gasteiger partial charge in [0.15, 0.2) is 0 Å². The van der Waals surface area contributed by atoms with Gasteiger partial charge in [0.2, 0.25) is 20.0 Å². The van der Waals surface area contributed by atoms with E-state index in [1.165, 1.54) is 28.6 Å². The van der Waals surface area contributed by atoms with Crippen LogP contribution in [0.3, 0.4) is 0 Å². The predicted molar refractivity (Wildman–Crippen MR) is 120 cm³/mol. The minimum absolute atomic E-state index is 0.0217. The van der Waals surface area contributed by atoms with Crippen LogP contribution in [0.5, 0.6) is 0 Å². The van der Waals surface area contributed by atoms with E-state index >= 15 is 0 Å². The molecule has 1 atom stereocenters. The first-order valence-corrected chi connectivity index (χ1v) is 13.4. The van der Waals surface area contributed by atoms with Crippen LogP contribution in [0.2, 0.25) is 0 Å². The summed E-state index contributed by atoms with van der Waals surface area (Å²) in [4.78, 5) is 2.17. The Morgan fingerprint density at radius 1 is 1.10 bits per heavy atom. The molecule has 8 nitrogen and oxygen atoms in total. The number of rotatable bonds is 6. The second-order valence-electron chi connectivity index (χ2n) is 8.02. The summed E-state index contributed by atoms with van der Waals surface area (Å²) >= 11 is 0. The molecule has 0 aliphatic carbocycles. The zero-order valence-electron chi connectivity index (χ0n) is 17.4. The highest BCUT2D eigenvalue weighted by Gasteiger charge is 2.26. The lowest BCUT2D eigenvalue weighted by Gasteiger charge is -2.28. The second kappa shape index (κ2) is 8.42. The number of nitrogens with one attached hydrogen (secondary N) is 1. The highest BCUT2D eigenvalue weighted by Crippen LogP contribution is 2.29. The number of hydrogen-bond acceptors (Lipinski definition) is 6. The van der Waals surface area contributed by atoms with E-state index < -0.39 is 26.2 Å². The molecule has 0 saturated carbocycles. The normalized spacial score (nSPS) is 19.3. The Hall–Kier alpha value is -2.14. The highest BCUT2D eigenvalue weighted by atomic mass is 32.2. The summed E-state index contributed by atoms with van der Waals surface area (Å²) in [6.07, 6.45) is 1.34. The minimum atomic E-state index is -3.85. The summed E-state index contributed by atoms with van der Waals surface area (Å²) in [6, 6.07) is 11.5. The summed E-state index contributed by atoms with van der Waals surface area (Å²) in [5.41, 5.74) is 3.40. The van der Waals surface area contributed by atoms with Gasteiger partial charge in [0.05, 0.1) is 22.4 Å². The van der Waals surface area contributed by atoms with Gasteiger partial charge in [-0.25, -0.2) is 21.6 Å². The molecule has 2 aliphatic rings. The van der Waals surface area contributed by atoms with E-state index in [9.17, 15) is 21.9 Å². The average Bonchev–Trinajstić information content (AvgIpc) is 3.12. The number of aliphatic hydroxyl groups excluding tert-OH is 1. The number of hydrogen-bond donors (Lipinski definition) is 2. The van der Waals surface area contributed by atoms with E-state index in [1.807, 2.05) is 25.2 Å². The Bertz CT molecular complexity index is 1160. The van der Waals surface area contributed by atoms with Crippen LogP contribution >= 0.6 is 0 Å². The number of fused-ring (bicyclic) bond motifs is 1. The van der Waals surface area contributed by atoms with Gasteiger partial charge in [-0.1, -0.05) is 12.1 Å². The minimum Gasteiger partial charge on any atom is -0.387 e. The summed E-state index contributed by atoms with van der Waals surface area (Å²) in [5, 5.41) is 10.5.